The van der Waals surface area contributed by atoms with Crippen molar-refractivity contribution in [3.05, 3.63) is 89.9 Å². The standard InChI is InChI=1S/C24H21F3N6O/c1-24(26,27)18-5-6-28-22(9-18)32-23(34)8-16-4-3-15(7-20(16)25)17-11-29-21(30-12-17)10-19-13-33(2)14-31-19/h3-7,9,11-14H,8,10H2,1-2H3,(H,28,32,34). The van der Waals surface area contributed by atoms with Gasteiger partial charge in [-0.05, 0) is 29.3 Å². The lowest BCUT2D eigenvalue weighted by Crippen LogP contribution is -2.17. The molecule has 4 aromatic rings. The van der Waals surface area contributed by atoms with Crippen LogP contribution < -0.4 is 5.32 Å². The molecule has 0 aliphatic heterocycles. The fourth-order valence-corrected chi connectivity index (χ4v) is 3.32. The third-order valence-corrected chi connectivity index (χ3v) is 5.07. The molecule has 1 N–H and O–H groups in total. The second-order valence-corrected chi connectivity index (χ2v) is 7.94. The van der Waals surface area contributed by atoms with Gasteiger partial charge >= 0.3 is 0 Å². The van der Waals surface area contributed by atoms with E-state index in [9.17, 15) is 18.0 Å². The first-order valence-electron chi connectivity index (χ1n) is 10.4. The van der Waals surface area contributed by atoms with Gasteiger partial charge in [-0.2, -0.15) is 0 Å². The van der Waals surface area contributed by atoms with Gasteiger partial charge in [0.15, 0.2) is 0 Å². The number of carbonyl (C=O) groups is 1. The first-order valence-corrected chi connectivity index (χ1v) is 10.4. The van der Waals surface area contributed by atoms with Crippen molar-refractivity contribution >= 4 is 11.7 Å². The van der Waals surface area contributed by atoms with Crippen molar-refractivity contribution in [2.45, 2.75) is 25.7 Å². The molecular formula is C24H21F3N6O. The second-order valence-electron chi connectivity index (χ2n) is 7.94. The van der Waals surface area contributed by atoms with Crippen LogP contribution >= 0.6 is 0 Å². The molecule has 0 saturated heterocycles. The molecule has 0 aliphatic carbocycles. The molecule has 0 fully saturated rings. The van der Waals surface area contributed by atoms with E-state index in [0.29, 0.717) is 23.4 Å². The Labute approximate surface area is 193 Å². The van der Waals surface area contributed by atoms with Gasteiger partial charge in [-0.1, -0.05) is 12.1 Å². The number of halogens is 3. The molecule has 174 valence electrons. The molecule has 0 unspecified atom stereocenters. The largest absolute Gasteiger partial charge is 0.340 e. The highest BCUT2D eigenvalue weighted by Gasteiger charge is 2.24. The number of carbonyl (C=O) groups excluding carboxylic acids is 1. The van der Waals surface area contributed by atoms with Crippen molar-refractivity contribution in [2.75, 3.05) is 5.32 Å². The Balaban J connectivity index is 1.41. The summed E-state index contributed by atoms with van der Waals surface area (Å²) in [5.74, 6) is -3.64. The highest BCUT2D eigenvalue weighted by Crippen LogP contribution is 2.28. The van der Waals surface area contributed by atoms with Crippen molar-refractivity contribution < 1.29 is 18.0 Å². The maximum atomic E-state index is 14.7. The molecule has 7 nitrogen and oxygen atoms in total. The number of amides is 1. The number of aromatic nitrogens is 5. The van der Waals surface area contributed by atoms with Crippen LogP contribution in [0.15, 0.2) is 61.4 Å². The van der Waals surface area contributed by atoms with Gasteiger partial charge in [0.05, 0.1) is 24.9 Å². The number of rotatable bonds is 7. The maximum absolute atomic E-state index is 14.7. The predicted octanol–water partition coefficient (Wildman–Crippen LogP) is 4.29. The summed E-state index contributed by atoms with van der Waals surface area (Å²) in [7, 11) is 1.88. The van der Waals surface area contributed by atoms with E-state index in [4.69, 9.17) is 0 Å². The van der Waals surface area contributed by atoms with Gasteiger partial charge in [0.1, 0.15) is 17.5 Å². The Morgan fingerprint density at radius 3 is 2.47 bits per heavy atom. The Morgan fingerprint density at radius 2 is 1.82 bits per heavy atom. The number of benzene rings is 1. The van der Waals surface area contributed by atoms with Crippen LogP contribution in [0.2, 0.25) is 0 Å². The zero-order valence-corrected chi connectivity index (χ0v) is 18.5. The summed E-state index contributed by atoms with van der Waals surface area (Å²) >= 11 is 0. The Morgan fingerprint density at radius 1 is 1.06 bits per heavy atom. The van der Waals surface area contributed by atoms with Crippen LogP contribution in [0.1, 0.15) is 29.6 Å². The molecule has 34 heavy (non-hydrogen) atoms. The third-order valence-electron chi connectivity index (χ3n) is 5.07. The number of nitrogens with zero attached hydrogens (tertiary/aromatic N) is 5. The summed E-state index contributed by atoms with van der Waals surface area (Å²) in [6, 6.07) is 6.73. The van der Waals surface area contributed by atoms with E-state index in [1.165, 1.54) is 24.4 Å². The summed E-state index contributed by atoms with van der Waals surface area (Å²) in [6.07, 6.45) is 8.18. The number of nitrogens with one attached hydrogen (secondary N) is 1. The van der Waals surface area contributed by atoms with Gasteiger partial charge in [0.25, 0.3) is 5.92 Å². The number of hydrogen-bond donors (Lipinski definition) is 1. The summed E-state index contributed by atoms with van der Waals surface area (Å²) in [5.41, 5.74) is 1.91. The van der Waals surface area contributed by atoms with Crippen molar-refractivity contribution in [1.29, 1.82) is 0 Å². The van der Waals surface area contributed by atoms with Crippen molar-refractivity contribution in [3.8, 4) is 11.1 Å². The van der Waals surface area contributed by atoms with E-state index in [1.54, 1.807) is 24.8 Å². The van der Waals surface area contributed by atoms with Gasteiger partial charge in [0.2, 0.25) is 5.91 Å². The average molecular weight is 466 g/mol. The third kappa shape index (κ3) is 5.64. The normalized spacial score (nSPS) is 11.4. The van der Waals surface area contributed by atoms with Crippen LogP contribution in [0.5, 0.6) is 0 Å². The summed E-state index contributed by atoms with van der Waals surface area (Å²) in [6.45, 7) is 0.754. The van der Waals surface area contributed by atoms with E-state index in [1.807, 2.05) is 17.8 Å². The minimum atomic E-state index is -3.06. The van der Waals surface area contributed by atoms with Crippen LogP contribution in [-0.4, -0.2) is 30.4 Å². The zero-order valence-electron chi connectivity index (χ0n) is 18.5. The first kappa shape index (κ1) is 23.1. The minimum absolute atomic E-state index is 0.0241. The molecule has 0 bridgehead atoms. The molecule has 3 aromatic heterocycles. The quantitative estimate of drug-likeness (QED) is 0.439. The fraction of sp³-hybridized carbons (Fsp3) is 0.208. The highest BCUT2D eigenvalue weighted by atomic mass is 19.3. The maximum Gasteiger partial charge on any atom is 0.270 e. The molecule has 0 radical (unpaired) electrons. The summed E-state index contributed by atoms with van der Waals surface area (Å²) < 4.78 is 43.5. The minimum Gasteiger partial charge on any atom is -0.340 e. The molecule has 3 heterocycles. The highest BCUT2D eigenvalue weighted by molar-refractivity contribution is 5.91. The lowest BCUT2D eigenvalue weighted by molar-refractivity contribution is -0.115. The smallest absolute Gasteiger partial charge is 0.270 e. The lowest BCUT2D eigenvalue weighted by atomic mass is 10.0. The number of hydrogen-bond acceptors (Lipinski definition) is 5. The first-order chi connectivity index (χ1) is 16.2. The van der Waals surface area contributed by atoms with Crippen molar-refractivity contribution in [2.24, 2.45) is 7.05 Å². The average Bonchev–Trinajstić information content (AvgIpc) is 3.20. The van der Waals surface area contributed by atoms with Crippen LogP contribution in [0.25, 0.3) is 11.1 Å². The van der Waals surface area contributed by atoms with Crippen molar-refractivity contribution in [3.63, 3.8) is 0 Å². The predicted molar refractivity (Wildman–Crippen MR) is 120 cm³/mol. The number of imidazole rings is 1. The van der Waals surface area contributed by atoms with E-state index < -0.39 is 17.6 Å². The van der Waals surface area contributed by atoms with Gasteiger partial charge in [0, 0.05) is 49.9 Å². The van der Waals surface area contributed by atoms with Crippen LogP contribution in [0.3, 0.4) is 0 Å². The SMILES string of the molecule is Cn1cnc(Cc2ncc(-c3ccc(CC(=O)Nc4cc(C(C)(F)F)ccn4)c(F)c3)cn2)c1. The molecule has 0 aliphatic rings. The Kier molecular flexibility index (Phi) is 6.40. The molecule has 0 atom stereocenters. The Hall–Kier alpha value is -4.08. The van der Waals surface area contributed by atoms with Gasteiger partial charge in [-0.25, -0.2) is 33.1 Å². The fourth-order valence-electron chi connectivity index (χ4n) is 3.32. The molecule has 1 amide bonds. The second kappa shape index (κ2) is 9.42. The van der Waals surface area contributed by atoms with Crippen LogP contribution in [0.4, 0.5) is 19.0 Å². The molecule has 4 rings (SSSR count). The summed E-state index contributed by atoms with van der Waals surface area (Å²) in [4.78, 5) is 29.1. The molecule has 10 heteroatoms. The molecule has 0 spiro atoms. The van der Waals surface area contributed by atoms with Gasteiger partial charge < -0.3 is 9.88 Å². The van der Waals surface area contributed by atoms with E-state index in [-0.39, 0.29) is 23.4 Å². The number of pyridine rings is 1. The molecular weight excluding hydrogens is 445 g/mol. The topological polar surface area (TPSA) is 85.6 Å². The van der Waals surface area contributed by atoms with E-state index in [0.717, 1.165) is 18.7 Å². The number of alkyl halides is 2. The number of anilines is 1. The summed E-state index contributed by atoms with van der Waals surface area (Å²) in [5, 5.41) is 2.43. The van der Waals surface area contributed by atoms with Crippen molar-refractivity contribution in [1.82, 2.24) is 24.5 Å². The van der Waals surface area contributed by atoms with Crippen LogP contribution in [-0.2, 0) is 30.6 Å². The zero-order chi connectivity index (χ0) is 24.3. The Bertz CT molecular complexity index is 1320. The van der Waals surface area contributed by atoms with Gasteiger partial charge in [-0.15, -0.1) is 0 Å². The number of aryl methyl sites for hydroxylation is 1. The van der Waals surface area contributed by atoms with Crippen LogP contribution in [0, 0.1) is 5.82 Å². The molecule has 1 aromatic carbocycles. The lowest BCUT2D eigenvalue weighted by Gasteiger charge is -2.12. The van der Waals surface area contributed by atoms with E-state index >= 15 is 0 Å². The van der Waals surface area contributed by atoms with Gasteiger partial charge in [-0.3, -0.25) is 4.79 Å². The van der Waals surface area contributed by atoms with E-state index in [2.05, 4.69) is 25.3 Å². The molecule has 0 saturated carbocycles. The monoisotopic (exact) mass is 466 g/mol.